The van der Waals surface area contributed by atoms with Gasteiger partial charge in [-0.25, -0.2) is 0 Å². The molecule has 112 valence electrons. The van der Waals surface area contributed by atoms with Crippen molar-refractivity contribution in [2.75, 3.05) is 26.7 Å². The summed E-state index contributed by atoms with van der Waals surface area (Å²) >= 11 is 0. The van der Waals surface area contributed by atoms with Crippen LogP contribution in [-0.4, -0.2) is 48.3 Å². The predicted molar refractivity (Wildman–Crippen MR) is 76.7 cm³/mol. The number of carbonyl (C=O) groups is 2. The van der Waals surface area contributed by atoms with Gasteiger partial charge in [0.25, 0.3) is 0 Å². The highest BCUT2D eigenvalue weighted by Gasteiger charge is 2.42. The van der Waals surface area contributed by atoms with Gasteiger partial charge in [-0.2, -0.15) is 5.26 Å². The third-order valence-corrected chi connectivity index (χ3v) is 4.17. The summed E-state index contributed by atoms with van der Waals surface area (Å²) in [5.74, 6) is -0.255. The summed E-state index contributed by atoms with van der Waals surface area (Å²) in [6.45, 7) is 5.17. The van der Waals surface area contributed by atoms with E-state index >= 15 is 0 Å². The molecule has 5 nitrogen and oxygen atoms in total. The van der Waals surface area contributed by atoms with Crippen molar-refractivity contribution in [3.63, 3.8) is 0 Å². The summed E-state index contributed by atoms with van der Waals surface area (Å²) < 4.78 is 0. The quantitative estimate of drug-likeness (QED) is 0.770. The van der Waals surface area contributed by atoms with Gasteiger partial charge in [-0.15, -0.1) is 0 Å². The van der Waals surface area contributed by atoms with Gasteiger partial charge in [0.05, 0.1) is 12.6 Å². The summed E-state index contributed by atoms with van der Waals surface area (Å²) in [6, 6.07) is 2.21. The summed E-state index contributed by atoms with van der Waals surface area (Å²) in [7, 11) is 1.62. The van der Waals surface area contributed by atoms with E-state index in [0.29, 0.717) is 25.9 Å². The molecule has 2 amide bonds. The topological polar surface area (TPSA) is 64.4 Å². The Hall–Kier alpha value is -1.57. The normalized spacial score (nSPS) is 17.1. The first-order chi connectivity index (χ1) is 9.50. The number of amides is 2. The predicted octanol–water partition coefficient (Wildman–Crippen LogP) is 1.79. The van der Waals surface area contributed by atoms with Crippen LogP contribution < -0.4 is 0 Å². The summed E-state index contributed by atoms with van der Waals surface area (Å²) in [4.78, 5) is 27.7. The number of nitrogens with zero attached hydrogens (tertiary/aromatic N) is 3. The van der Waals surface area contributed by atoms with Gasteiger partial charge in [-0.05, 0) is 26.7 Å². The summed E-state index contributed by atoms with van der Waals surface area (Å²) in [6.07, 6.45) is 4.14. The van der Waals surface area contributed by atoms with Crippen molar-refractivity contribution in [2.24, 2.45) is 5.41 Å². The van der Waals surface area contributed by atoms with E-state index in [0.717, 1.165) is 19.3 Å². The van der Waals surface area contributed by atoms with Crippen LogP contribution in [0.2, 0.25) is 0 Å². The average molecular weight is 279 g/mol. The maximum atomic E-state index is 12.5. The first kappa shape index (κ1) is 16.5. The van der Waals surface area contributed by atoms with E-state index in [1.165, 1.54) is 4.90 Å². The largest absolute Gasteiger partial charge is 0.342 e. The Kier molecular flexibility index (Phi) is 6.00. The lowest BCUT2D eigenvalue weighted by Gasteiger charge is -2.33. The fourth-order valence-electron chi connectivity index (χ4n) is 2.85. The number of hydrogen-bond acceptors (Lipinski definition) is 3. The number of rotatable bonds is 5. The van der Waals surface area contributed by atoms with E-state index in [1.807, 2.05) is 13.8 Å². The molecule has 1 aliphatic rings. The highest BCUT2D eigenvalue weighted by molar-refractivity contribution is 5.89. The van der Waals surface area contributed by atoms with Crippen LogP contribution in [0.3, 0.4) is 0 Å². The lowest BCUT2D eigenvalue weighted by atomic mass is 9.74. The van der Waals surface area contributed by atoms with Gasteiger partial charge in [0.1, 0.15) is 5.41 Å². The molecule has 20 heavy (non-hydrogen) atoms. The second kappa shape index (κ2) is 7.28. The molecule has 0 N–H and O–H groups in total. The van der Waals surface area contributed by atoms with Crippen LogP contribution >= 0.6 is 0 Å². The smallest absolute Gasteiger partial charge is 0.243 e. The van der Waals surface area contributed by atoms with Gasteiger partial charge >= 0.3 is 0 Å². The van der Waals surface area contributed by atoms with E-state index < -0.39 is 5.41 Å². The van der Waals surface area contributed by atoms with Crippen molar-refractivity contribution in [1.82, 2.24) is 9.80 Å². The molecule has 0 unspecified atom stereocenters. The molecule has 0 aromatic rings. The van der Waals surface area contributed by atoms with E-state index in [4.69, 9.17) is 0 Å². The summed E-state index contributed by atoms with van der Waals surface area (Å²) in [5, 5.41) is 9.40. The van der Waals surface area contributed by atoms with Crippen LogP contribution in [0.25, 0.3) is 0 Å². The van der Waals surface area contributed by atoms with Gasteiger partial charge in [0.15, 0.2) is 0 Å². The molecule has 0 atom stereocenters. The lowest BCUT2D eigenvalue weighted by Crippen LogP contribution is -2.47. The van der Waals surface area contributed by atoms with E-state index in [9.17, 15) is 14.9 Å². The van der Waals surface area contributed by atoms with E-state index in [1.54, 1.807) is 11.9 Å². The van der Waals surface area contributed by atoms with Gasteiger partial charge in [-0.1, -0.05) is 19.3 Å². The maximum absolute atomic E-state index is 12.5. The second-order valence-corrected chi connectivity index (χ2v) is 5.48. The molecule has 0 aromatic heterocycles. The van der Waals surface area contributed by atoms with Crippen LogP contribution in [0, 0.1) is 16.7 Å². The highest BCUT2D eigenvalue weighted by Crippen LogP contribution is 2.37. The number of carbonyl (C=O) groups excluding carboxylic acids is 2. The van der Waals surface area contributed by atoms with Crippen molar-refractivity contribution in [2.45, 2.75) is 46.0 Å². The Morgan fingerprint density at radius 2 is 1.70 bits per heavy atom. The Morgan fingerprint density at radius 3 is 2.15 bits per heavy atom. The Bertz CT molecular complexity index is 390. The van der Waals surface area contributed by atoms with Crippen molar-refractivity contribution in [1.29, 1.82) is 5.26 Å². The number of likely N-dealkylation sites (N-methyl/N-ethyl adjacent to an activating group) is 2. The van der Waals surface area contributed by atoms with Crippen molar-refractivity contribution in [3.05, 3.63) is 0 Å². The van der Waals surface area contributed by atoms with E-state index in [-0.39, 0.29) is 18.4 Å². The SMILES string of the molecule is CCN(CC)C(=O)CN(C)C(=O)C1(C#N)CCCCC1. The van der Waals surface area contributed by atoms with Crippen molar-refractivity contribution in [3.8, 4) is 6.07 Å². The zero-order valence-corrected chi connectivity index (χ0v) is 12.8. The first-order valence-electron chi connectivity index (χ1n) is 7.45. The number of nitriles is 1. The van der Waals surface area contributed by atoms with Crippen molar-refractivity contribution >= 4 is 11.8 Å². The Labute approximate surface area is 121 Å². The average Bonchev–Trinajstić information content (AvgIpc) is 2.48. The number of hydrogen-bond donors (Lipinski definition) is 0. The lowest BCUT2D eigenvalue weighted by molar-refractivity contribution is -0.144. The van der Waals surface area contributed by atoms with Gasteiger partial charge in [0.2, 0.25) is 11.8 Å². The Morgan fingerprint density at radius 1 is 1.15 bits per heavy atom. The molecule has 0 bridgehead atoms. The molecule has 0 radical (unpaired) electrons. The minimum Gasteiger partial charge on any atom is -0.342 e. The standard InChI is InChI=1S/C15H25N3O2/c1-4-18(5-2)13(19)11-17(3)14(20)15(12-16)9-7-6-8-10-15/h4-11H2,1-3H3. The summed E-state index contributed by atoms with van der Waals surface area (Å²) in [5.41, 5.74) is -0.906. The van der Waals surface area contributed by atoms with Crippen LogP contribution in [0.15, 0.2) is 0 Å². The molecule has 0 aliphatic heterocycles. The molecular weight excluding hydrogens is 254 g/mol. The second-order valence-electron chi connectivity index (χ2n) is 5.48. The molecule has 5 heteroatoms. The molecule has 1 aliphatic carbocycles. The van der Waals surface area contributed by atoms with Crippen LogP contribution in [-0.2, 0) is 9.59 Å². The van der Waals surface area contributed by atoms with Gasteiger partial charge < -0.3 is 9.80 Å². The zero-order valence-electron chi connectivity index (χ0n) is 12.8. The monoisotopic (exact) mass is 279 g/mol. The molecule has 0 aromatic carbocycles. The third-order valence-electron chi connectivity index (χ3n) is 4.17. The molecule has 1 rings (SSSR count). The molecule has 0 heterocycles. The van der Waals surface area contributed by atoms with Crippen molar-refractivity contribution < 1.29 is 9.59 Å². The van der Waals surface area contributed by atoms with Crippen LogP contribution in [0.1, 0.15) is 46.0 Å². The molecule has 0 spiro atoms. The highest BCUT2D eigenvalue weighted by atomic mass is 16.2. The van der Waals surface area contributed by atoms with Gasteiger partial charge in [0, 0.05) is 20.1 Å². The Balaban J connectivity index is 2.71. The maximum Gasteiger partial charge on any atom is 0.243 e. The van der Waals surface area contributed by atoms with Crippen LogP contribution in [0.4, 0.5) is 0 Å². The molecule has 1 fully saturated rings. The minimum atomic E-state index is -0.906. The zero-order chi connectivity index (χ0) is 15.2. The fourth-order valence-corrected chi connectivity index (χ4v) is 2.85. The molecular formula is C15H25N3O2. The fraction of sp³-hybridized carbons (Fsp3) is 0.800. The van der Waals surface area contributed by atoms with E-state index in [2.05, 4.69) is 6.07 Å². The van der Waals surface area contributed by atoms with Crippen LogP contribution in [0.5, 0.6) is 0 Å². The van der Waals surface area contributed by atoms with Gasteiger partial charge in [-0.3, -0.25) is 9.59 Å². The molecule has 1 saturated carbocycles. The third kappa shape index (κ3) is 3.50. The molecule has 0 saturated heterocycles. The minimum absolute atomic E-state index is 0.0595. The first-order valence-corrected chi connectivity index (χ1v) is 7.45.